The van der Waals surface area contributed by atoms with Gasteiger partial charge in [0.2, 0.25) is 0 Å². The summed E-state index contributed by atoms with van der Waals surface area (Å²) in [5, 5.41) is 1.81. The van der Waals surface area contributed by atoms with E-state index in [9.17, 15) is 13.2 Å². The number of halogens is 3. The molecular formula is C8H11F3N2S. The molecule has 0 spiro atoms. The molecule has 0 aromatic carbocycles. The minimum Gasteiger partial charge on any atom is -0.271 e. The molecule has 0 fully saturated rings. The van der Waals surface area contributed by atoms with Gasteiger partial charge in [0, 0.05) is 11.3 Å². The van der Waals surface area contributed by atoms with Gasteiger partial charge in [0.25, 0.3) is 0 Å². The molecule has 1 rings (SSSR count). The predicted molar refractivity (Wildman–Crippen MR) is 49.7 cm³/mol. The third kappa shape index (κ3) is 3.65. The second kappa shape index (κ2) is 4.77. The summed E-state index contributed by atoms with van der Waals surface area (Å²) in [6.07, 6.45) is -4.97. The number of hydrazine groups is 1. The molecule has 0 saturated carbocycles. The highest BCUT2D eigenvalue weighted by Crippen LogP contribution is 2.28. The lowest BCUT2D eigenvalue weighted by atomic mass is 10.1. The molecule has 0 aliphatic rings. The molecule has 0 radical (unpaired) electrons. The average molecular weight is 224 g/mol. The van der Waals surface area contributed by atoms with Crippen LogP contribution in [-0.4, -0.2) is 6.18 Å². The minimum atomic E-state index is -4.12. The van der Waals surface area contributed by atoms with Gasteiger partial charge in [0.05, 0.1) is 6.04 Å². The van der Waals surface area contributed by atoms with Gasteiger partial charge in [-0.2, -0.15) is 13.2 Å². The fourth-order valence-electron chi connectivity index (χ4n) is 1.11. The number of thiophene rings is 1. The Kier molecular flexibility index (Phi) is 3.91. The molecule has 0 bridgehead atoms. The summed E-state index contributed by atoms with van der Waals surface area (Å²) in [6.45, 7) is 0. The first kappa shape index (κ1) is 11.5. The van der Waals surface area contributed by atoms with Crippen LogP contribution >= 0.6 is 11.3 Å². The van der Waals surface area contributed by atoms with E-state index in [4.69, 9.17) is 5.84 Å². The van der Waals surface area contributed by atoms with E-state index in [0.29, 0.717) is 0 Å². The largest absolute Gasteiger partial charge is 0.389 e. The average Bonchev–Trinajstić information content (AvgIpc) is 2.56. The highest BCUT2D eigenvalue weighted by atomic mass is 32.1. The normalized spacial score (nSPS) is 14.3. The molecule has 0 saturated heterocycles. The Balaban J connectivity index is 2.49. The SMILES string of the molecule is NNC(CCC(F)(F)F)c1cccs1. The van der Waals surface area contributed by atoms with Crippen molar-refractivity contribution in [3.05, 3.63) is 22.4 Å². The van der Waals surface area contributed by atoms with Crippen LogP contribution in [-0.2, 0) is 0 Å². The minimum absolute atomic E-state index is 0.0273. The zero-order chi connectivity index (χ0) is 10.6. The van der Waals surface area contributed by atoms with E-state index in [1.165, 1.54) is 11.3 Å². The van der Waals surface area contributed by atoms with Crippen LogP contribution in [0.5, 0.6) is 0 Å². The molecule has 0 aliphatic heterocycles. The number of nitrogens with one attached hydrogen (secondary N) is 1. The maximum atomic E-state index is 11.9. The highest BCUT2D eigenvalue weighted by Gasteiger charge is 2.28. The standard InChI is InChI=1S/C8H11F3N2S/c9-8(10,11)4-3-6(13-12)7-2-1-5-14-7/h1-2,5-6,13H,3-4,12H2. The number of nitrogens with two attached hydrogens (primary N) is 1. The van der Waals surface area contributed by atoms with Crippen LogP contribution in [0.2, 0.25) is 0 Å². The lowest BCUT2D eigenvalue weighted by molar-refractivity contribution is -0.136. The Labute approximate surface area is 83.9 Å². The van der Waals surface area contributed by atoms with E-state index in [2.05, 4.69) is 5.43 Å². The molecule has 1 atom stereocenters. The molecule has 6 heteroatoms. The molecule has 1 heterocycles. The molecule has 80 valence electrons. The van der Waals surface area contributed by atoms with E-state index >= 15 is 0 Å². The van der Waals surface area contributed by atoms with Gasteiger partial charge >= 0.3 is 6.18 Å². The van der Waals surface area contributed by atoms with Gasteiger partial charge in [-0.25, -0.2) is 0 Å². The maximum Gasteiger partial charge on any atom is 0.389 e. The van der Waals surface area contributed by atoms with Crippen LogP contribution in [0.4, 0.5) is 13.2 Å². The van der Waals surface area contributed by atoms with Gasteiger partial charge in [-0.05, 0) is 17.9 Å². The van der Waals surface area contributed by atoms with Crippen LogP contribution < -0.4 is 11.3 Å². The molecule has 3 N–H and O–H groups in total. The maximum absolute atomic E-state index is 11.9. The van der Waals surface area contributed by atoms with E-state index in [1.54, 1.807) is 12.1 Å². The Morgan fingerprint density at radius 3 is 2.64 bits per heavy atom. The zero-order valence-electron chi connectivity index (χ0n) is 7.34. The van der Waals surface area contributed by atoms with Crippen molar-refractivity contribution < 1.29 is 13.2 Å². The molecule has 2 nitrogen and oxygen atoms in total. The summed E-state index contributed by atoms with van der Waals surface area (Å²) in [5.74, 6) is 5.18. The van der Waals surface area contributed by atoms with Crippen molar-refractivity contribution in [2.24, 2.45) is 5.84 Å². The van der Waals surface area contributed by atoms with Crippen LogP contribution in [0.1, 0.15) is 23.8 Å². The van der Waals surface area contributed by atoms with Crippen LogP contribution in [0.3, 0.4) is 0 Å². The van der Waals surface area contributed by atoms with Gasteiger partial charge in [0.1, 0.15) is 0 Å². The summed E-state index contributed by atoms with van der Waals surface area (Å²) >= 11 is 1.40. The smallest absolute Gasteiger partial charge is 0.271 e. The number of hydrogen-bond acceptors (Lipinski definition) is 3. The number of rotatable bonds is 4. The van der Waals surface area contributed by atoms with Crippen molar-refractivity contribution in [2.45, 2.75) is 25.1 Å². The molecular weight excluding hydrogens is 213 g/mol. The van der Waals surface area contributed by atoms with Crippen molar-refractivity contribution in [1.82, 2.24) is 5.43 Å². The Hall–Kier alpha value is -0.590. The molecule has 1 aromatic heterocycles. The Morgan fingerprint density at radius 2 is 2.21 bits per heavy atom. The van der Waals surface area contributed by atoms with Gasteiger partial charge in [-0.1, -0.05) is 6.07 Å². The van der Waals surface area contributed by atoms with E-state index in [0.717, 1.165) is 4.88 Å². The Morgan fingerprint density at radius 1 is 1.50 bits per heavy atom. The zero-order valence-corrected chi connectivity index (χ0v) is 8.16. The first-order valence-corrected chi connectivity index (χ1v) is 4.97. The lowest BCUT2D eigenvalue weighted by Gasteiger charge is -2.15. The quantitative estimate of drug-likeness (QED) is 0.609. The summed E-state index contributed by atoms with van der Waals surface area (Å²) in [5.41, 5.74) is 2.39. The van der Waals surface area contributed by atoms with Gasteiger partial charge in [-0.15, -0.1) is 11.3 Å². The van der Waals surface area contributed by atoms with E-state index in [-0.39, 0.29) is 6.42 Å². The fourth-order valence-corrected chi connectivity index (χ4v) is 1.93. The van der Waals surface area contributed by atoms with Gasteiger partial charge < -0.3 is 0 Å². The van der Waals surface area contributed by atoms with Crippen LogP contribution in [0, 0.1) is 0 Å². The monoisotopic (exact) mass is 224 g/mol. The fraction of sp³-hybridized carbons (Fsp3) is 0.500. The van der Waals surface area contributed by atoms with Gasteiger partial charge in [0.15, 0.2) is 0 Å². The summed E-state index contributed by atoms with van der Waals surface area (Å²) in [7, 11) is 0. The predicted octanol–water partition coefficient (Wildman–Crippen LogP) is 2.60. The third-order valence-electron chi connectivity index (χ3n) is 1.80. The van der Waals surface area contributed by atoms with Crippen molar-refractivity contribution in [1.29, 1.82) is 0 Å². The molecule has 14 heavy (non-hydrogen) atoms. The molecule has 1 unspecified atom stereocenters. The van der Waals surface area contributed by atoms with Crippen molar-refractivity contribution in [2.75, 3.05) is 0 Å². The van der Waals surface area contributed by atoms with Crippen LogP contribution in [0.15, 0.2) is 17.5 Å². The Bertz CT molecular complexity index is 258. The summed E-state index contributed by atoms with van der Waals surface area (Å²) in [4.78, 5) is 0.830. The van der Waals surface area contributed by atoms with Crippen LogP contribution in [0.25, 0.3) is 0 Å². The molecule has 1 aromatic rings. The first-order chi connectivity index (χ1) is 6.53. The second-order valence-corrected chi connectivity index (χ2v) is 3.87. The second-order valence-electron chi connectivity index (χ2n) is 2.89. The van der Waals surface area contributed by atoms with Crippen molar-refractivity contribution >= 4 is 11.3 Å². The summed E-state index contributed by atoms with van der Waals surface area (Å²) < 4.78 is 35.8. The molecule has 0 amide bonds. The lowest BCUT2D eigenvalue weighted by Crippen LogP contribution is -2.28. The van der Waals surface area contributed by atoms with E-state index in [1.807, 2.05) is 5.38 Å². The third-order valence-corrected chi connectivity index (χ3v) is 2.79. The number of hydrogen-bond donors (Lipinski definition) is 2. The number of alkyl halides is 3. The van der Waals surface area contributed by atoms with Gasteiger partial charge in [-0.3, -0.25) is 11.3 Å². The molecule has 0 aliphatic carbocycles. The summed E-state index contributed by atoms with van der Waals surface area (Å²) in [6, 6.07) is 3.15. The first-order valence-electron chi connectivity index (χ1n) is 4.09. The van der Waals surface area contributed by atoms with E-state index < -0.39 is 18.6 Å². The van der Waals surface area contributed by atoms with Crippen molar-refractivity contribution in [3.8, 4) is 0 Å². The van der Waals surface area contributed by atoms with Crippen molar-refractivity contribution in [3.63, 3.8) is 0 Å². The topological polar surface area (TPSA) is 38.0 Å². The highest BCUT2D eigenvalue weighted by molar-refractivity contribution is 7.10.